The molecule has 0 bridgehead atoms. The molecule has 0 radical (unpaired) electrons. The number of amides is 1. The molecule has 3 nitrogen and oxygen atoms in total. The largest absolute Gasteiger partial charge is 0.396 e. The Morgan fingerprint density at radius 2 is 2.07 bits per heavy atom. The molecular weight excluding hydrogens is 190 g/mol. The van der Waals surface area contributed by atoms with Gasteiger partial charge in [-0.1, -0.05) is 13.8 Å². The number of rotatable bonds is 4. The van der Waals surface area contributed by atoms with Gasteiger partial charge in [0, 0.05) is 26.1 Å². The smallest absolute Gasteiger partial charge is 0.222 e. The molecular formula is C12H23NO2. The Labute approximate surface area is 92.5 Å². The van der Waals surface area contributed by atoms with Gasteiger partial charge in [-0.3, -0.25) is 4.79 Å². The summed E-state index contributed by atoms with van der Waals surface area (Å²) in [4.78, 5) is 13.7. The summed E-state index contributed by atoms with van der Waals surface area (Å²) in [6.45, 7) is 6.40. The Morgan fingerprint density at radius 1 is 1.33 bits per heavy atom. The van der Waals surface area contributed by atoms with Crippen molar-refractivity contribution in [3.63, 3.8) is 0 Å². The first kappa shape index (κ1) is 12.5. The molecule has 1 fully saturated rings. The van der Waals surface area contributed by atoms with E-state index in [1.807, 2.05) is 4.90 Å². The van der Waals surface area contributed by atoms with E-state index in [1.54, 1.807) is 0 Å². The van der Waals surface area contributed by atoms with Crippen molar-refractivity contribution < 1.29 is 9.90 Å². The van der Waals surface area contributed by atoms with Crippen LogP contribution in [-0.2, 0) is 4.79 Å². The minimum absolute atomic E-state index is 0.230. The summed E-state index contributed by atoms with van der Waals surface area (Å²) >= 11 is 0. The summed E-state index contributed by atoms with van der Waals surface area (Å²) in [6, 6.07) is 0. The van der Waals surface area contributed by atoms with Crippen LogP contribution in [0.25, 0.3) is 0 Å². The lowest BCUT2D eigenvalue weighted by Gasteiger charge is -2.23. The summed E-state index contributed by atoms with van der Waals surface area (Å²) < 4.78 is 0. The van der Waals surface area contributed by atoms with Crippen LogP contribution in [0.5, 0.6) is 0 Å². The maximum atomic E-state index is 11.8. The highest BCUT2D eigenvalue weighted by atomic mass is 16.2. The zero-order chi connectivity index (χ0) is 11.3. The zero-order valence-electron chi connectivity index (χ0n) is 9.96. The van der Waals surface area contributed by atoms with Gasteiger partial charge < -0.3 is 10.0 Å². The lowest BCUT2D eigenvalue weighted by atomic mass is 9.85. The SMILES string of the molecule is CC1(C)CCC(=O)N(CCCCO)CC1. The first-order valence-electron chi connectivity index (χ1n) is 5.94. The van der Waals surface area contributed by atoms with Crippen molar-refractivity contribution in [2.45, 2.75) is 46.0 Å². The number of carbonyl (C=O) groups excluding carboxylic acids is 1. The number of carbonyl (C=O) groups is 1. The number of hydrogen-bond donors (Lipinski definition) is 1. The number of aliphatic hydroxyl groups excluding tert-OH is 1. The van der Waals surface area contributed by atoms with Crippen molar-refractivity contribution in [3.05, 3.63) is 0 Å². The van der Waals surface area contributed by atoms with E-state index in [1.165, 1.54) is 0 Å². The molecule has 3 heteroatoms. The van der Waals surface area contributed by atoms with Gasteiger partial charge in [-0.2, -0.15) is 0 Å². The van der Waals surface area contributed by atoms with Crippen molar-refractivity contribution in [3.8, 4) is 0 Å². The highest BCUT2D eigenvalue weighted by Gasteiger charge is 2.26. The fourth-order valence-corrected chi connectivity index (χ4v) is 1.94. The van der Waals surface area contributed by atoms with Crippen LogP contribution in [0.15, 0.2) is 0 Å². The predicted octanol–water partition coefficient (Wildman–Crippen LogP) is 1.80. The fourth-order valence-electron chi connectivity index (χ4n) is 1.94. The molecule has 1 N–H and O–H groups in total. The van der Waals surface area contributed by atoms with Crippen LogP contribution in [0.2, 0.25) is 0 Å². The molecule has 0 aliphatic carbocycles. The molecule has 1 rings (SSSR count). The molecule has 1 heterocycles. The van der Waals surface area contributed by atoms with E-state index >= 15 is 0 Å². The van der Waals surface area contributed by atoms with Gasteiger partial charge in [-0.25, -0.2) is 0 Å². The van der Waals surface area contributed by atoms with Gasteiger partial charge in [0.25, 0.3) is 0 Å². The summed E-state index contributed by atoms with van der Waals surface area (Å²) in [5.74, 6) is 0.290. The average Bonchev–Trinajstić information content (AvgIpc) is 2.31. The van der Waals surface area contributed by atoms with Crippen LogP contribution in [0, 0.1) is 5.41 Å². The van der Waals surface area contributed by atoms with Gasteiger partial charge >= 0.3 is 0 Å². The molecule has 0 unspecified atom stereocenters. The molecule has 0 spiro atoms. The Hall–Kier alpha value is -0.570. The van der Waals surface area contributed by atoms with E-state index in [2.05, 4.69) is 13.8 Å². The number of aliphatic hydroxyl groups is 1. The molecule has 0 saturated carbocycles. The van der Waals surface area contributed by atoms with E-state index in [0.29, 0.717) is 17.7 Å². The Balaban J connectivity index is 2.40. The van der Waals surface area contributed by atoms with Crippen LogP contribution in [0.1, 0.15) is 46.0 Å². The van der Waals surface area contributed by atoms with E-state index in [0.717, 1.165) is 38.8 Å². The third kappa shape index (κ3) is 4.20. The normalized spacial score (nSPS) is 21.5. The maximum absolute atomic E-state index is 11.8. The molecule has 0 aromatic rings. The second-order valence-electron chi connectivity index (χ2n) is 5.23. The molecule has 1 saturated heterocycles. The number of unbranched alkanes of at least 4 members (excludes halogenated alkanes) is 1. The highest BCUT2D eigenvalue weighted by Crippen LogP contribution is 2.30. The molecule has 0 aromatic carbocycles. The predicted molar refractivity (Wildman–Crippen MR) is 60.5 cm³/mol. The Morgan fingerprint density at radius 3 is 2.73 bits per heavy atom. The van der Waals surface area contributed by atoms with E-state index in [-0.39, 0.29) is 6.61 Å². The van der Waals surface area contributed by atoms with Crippen molar-refractivity contribution in [1.29, 1.82) is 0 Å². The second-order valence-corrected chi connectivity index (χ2v) is 5.23. The fraction of sp³-hybridized carbons (Fsp3) is 0.917. The molecule has 1 aliphatic heterocycles. The molecule has 1 amide bonds. The second kappa shape index (κ2) is 5.50. The quantitative estimate of drug-likeness (QED) is 0.723. The third-order valence-electron chi connectivity index (χ3n) is 3.26. The van der Waals surface area contributed by atoms with Crippen LogP contribution >= 0.6 is 0 Å². The summed E-state index contributed by atoms with van der Waals surface area (Å²) in [7, 11) is 0. The number of hydrogen-bond acceptors (Lipinski definition) is 2. The minimum Gasteiger partial charge on any atom is -0.396 e. The van der Waals surface area contributed by atoms with Crippen molar-refractivity contribution in [2.24, 2.45) is 5.41 Å². The first-order chi connectivity index (χ1) is 7.05. The highest BCUT2D eigenvalue weighted by molar-refractivity contribution is 5.76. The van der Waals surface area contributed by atoms with Gasteiger partial charge in [-0.05, 0) is 31.1 Å². The van der Waals surface area contributed by atoms with Crippen LogP contribution in [0.3, 0.4) is 0 Å². The van der Waals surface area contributed by atoms with Gasteiger partial charge in [0.05, 0.1) is 0 Å². The van der Waals surface area contributed by atoms with Crippen molar-refractivity contribution in [2.75, 3.05) is 19.7 Å². The van der Waals surface area contributed by atoms with Gasteiger partial charge in [0.2, 0.25) is 5.91 Å². The van der Waals surface area contributed by atoms with Crippen LogP contribution in [-0.4, -0.2) is 35.6 Å². The molecule has 0 aromatic heterocycles. The number of likely N-dealkylation sites (tertiary alicyclic amines) is 1. The van der Waals surface area contributed by atoms with Crippen molar-refractivity contribution >= 4 is 5.91 Å². The molecule has 88 valence electrons. The standard InChI is InChI=1S/C12H23NO2/c1-12(2)6-5-11(15)13(9-7-12)8-3-4-10-14/h14H,3-10H2,1-2H3. The van der Waals surface area contributed by atoms with Gasteiger partial charge in [-0.15, -0.1) is 0 Å². The number of nitrogens with zero attached hydrogens (tertiary/aromatic N) is 1. The monoisotopic (exact) mass is 213 g/mol. The van der Waals surface area contributed by atoms with Crippen LogP contribution < -0.4 is 0 Å². The maximum Gasteiger partial charge on any atom is 0.222 e. The first-order valence-corrected chi connectivity index (χ1v) is 5.94. The minimum atomic E-state index is 0.230. The molecule has 15 heavy (non-hydrogen) atoms. The lowest BCUT2D eigenvalue weighted by Crippen LogP contribution is -2.31. The Bertz CT molecular complexity index is 214. The lowest BCUT2D eigenvalue weighted by molar-refractivity contribution is -0.130. The van der Waals surface area contributed by atoms with Gasteiger partial charge in [0.1, 0.15) is 0 Å². The van der Waals surface area contributed by atoms with E-state index in [4.69, 9.17) is 5.11 Å². The van der Waals surface area contributed by atoms with Crippen molar-refractivity contribution in [1.82, 2.24) is 4.90 Å². The summed E-state index contributed by atoms with van der Waals surface area (Å²) in [6.07, 6.45) is 4.50. The average molecular weight is 213 g/mol. The third-order valence-corrected chi connectivity index (χ3v) is 3.26. The summed E-state index contributed by atoms with van der Waals surface area (Å²) in [5.41, 5.74) is 0.307. The zero-order valence-corrected chi connectivity index (χ0v) is 9.96. The Kier molecular flexibility index (Phi) is 4.58. The van der Waals surface area contributed by atoms with E-state index in [9.17, 15) is 4.79 Å². The molecule has 1 aliphatic rings. The molecule has 0 atom stereocenters. The van der Waals surface area contributed by atoms with Gasteiger partial charge in [0.15, 0.2) is 0 Å². The summed E-state index contributed by atoms with van der Waals surface area (Å²) in [5, 5.41) is 8.70. The topological polar surface area (TPSA) is 40.5 Å². The van der Waals surface area contributed by atoms with E-state index < -0.39 is 0 Å². The van der Waals surface area contributed by atoms with Crippen LogP contribution in [0.4, 0.5) is 0 Å².